The number of ether oxygens (including phenoxy) is 13. The van der Waals surface area contributed by atoms with E-state index in [9.17, 15) is 50.9 Å². The average Bonchev–Trinajstić information content (AvgIpc) is 3.26. The molecule has 62 heavy (non-hydrogen) atoms. The van der Waals surface area contributed by atoms with Gasteiger partial charge in [-0.1, -0.05) is 39.7 Å². The van der Waals surface area contributed by atoms with E-state index in [1.54, 1.807) is 20.8 Å². The number of aliphatic hydroxyl groups excluding tert-OH is 7. The van der Waals surface area contributed by atoms with Crippen molar-refractivity contribution >= 4 is 12.9 Å². The van der Waals surface area contributed by atoms with Crippen molar-refractivity contribution in [3.05, 3.63) is 10.4 Å². The summed E-state index contributed by atoms with van der Waals surface area (Å²) in [6, 6.07) is -0.815. The minimum absolute atomic E-state index is 0.0490. The summed E-state index contributed by atoms with van der Waals surface area (Å²) >= 11 is 0. The summed E-state index contributed by atoms with van der Waals surface area (Å²) in [6.07, 6.45) is -26.3. The number of nitrogens with zero attached hydrogens (tertiary/aromatic N) is 3. The highest BCUT2D eigenvalue weighted by Gasteiger charge is 2.56. The van der Waals surface area contributed by atoms with E-state index in [2.05, 4.69) is 10.0 Å². The molecule has 5 saturated heterocycles. The lowest BCUT2D eigenvalue weighted by Crippen LogP contribution is -2.66. The molecule has 25 nitrogen and oxygen atoms in total. The molecule has 356 valence electrons. The summed E-state index contributed by atoms with van der Waals surface area (Å²) < 4.78 is 75.1. The molecule has 5 aliphatic rings. The smallest absolute Gasteiger partial charge is 0.295 e. The molecule has 0 aromatic heterocycles. The molecule has 25 atom stereocenters. The third-order valence-corrected chi connectivity index (χ3v) is 12.7. The molecular formula is C37H61N3O22. The summed E-state index contributed by atoms with van der Waals surface area (Å²) in [5, 5.41) is 78.5. The number of rotatable bonds is 18. The van der Waals surface area contributed by atoms with E-state index in [-0.39, 0.29) is 31.4 Å². The van der Waals surface area contributed by atoms with Crippen LogP contribution in [0, 0.1) is 29.6 Å². The maximum absolute atomic E-state index is 11.7. The van der Waals surface area contributed by atoms with Crippen molar-refractivity contribution in [3.63, 3.8) is 0 Å². The number of aliphatic hydroxyl groups is 7. The summed E-state index contributed by atoms with van der Waals surface area (Å²) in [4.78, 5) is 26.3. The molecule has 0 aliphatic carbocycles. The maximum Gasteiger partial charge on any atom is 0.295 e. The number of carbonyl (C=O) groups is 2. The van der Waals surface area contributed by atoms with E-state index >= 15 is 0 Å². The van der Waals surface area contributed by atoms with Crippen LogP contribution in [-0.2, 0) is 71.2 Å². The zero-order valence-corrected chi connectivity index (χ0v) is 35.3. The first-order chi connectivity index (χ1) is 29.6. The molecule has 5 aliphatic heterocycles. The van der Waals surface area contributed by atoms with Gasteiger partial charge in [-0.3, -0.25) is 9.59 Å². The van der Waals surface area contributed by atoms with Crippen LogP contribution >= 0.6 is 0 Å². The average molecular weight is 900 g/mol. The molecule has 0 aromatic rings. The Hall–Kier alpha value is -2.47. The molecular weight excluding hydrogens is 838 g/mol. The van der Waals surface area contributed by atoms with Crippen LogP contribution < -0.4 is 0 Å². The number of carbonyl (C=O) groups excluding carboxylic acids is 2. The lowest BCUT2D eigenvalue weighted by Gasteiger charge is -2.50. The topological polar surface area (TPSA) is 344 Å². The maximum atomic E-state index is 11.7. The molecule has 0 aromatic carbocycles. The quantitative estimate of drug-likeness (QED) is 0.0320. The van der Waals surface area contributed by atoms with Gasteiger partial charge in [0, 0.05) is 31.0 Å². The van der Waals surface area contributed by atoms with Gasteiger partial charge in [-0.05, 0) is 23.3 Å². The van der Waals surface area contributed by atoms with Gasteiger partial charge in [-0.2, -0.15) is 0 Å². The van der Waals surface area contributed by atoms with Crippen molar-refractivity contribution in [2.75, 3.05) is 34.0 Å². The molecule has 0 spiro atoms. The van der Waals surface area contributed by atoms with Crippen LogP contribution in [0.2, 0.25) is 0 Å². The van der Waals surface area contributed by atoms with Gasteiger partial charge in [-0.15, -0.1) is 0 Å². The summed E-state index contributed by atoms with van der Waals surface area (Å²) in [5.74, 6) is -2.45. The van der Waals surface area contributed by atoms with Crippen molar-refractivity contribution in [1.82, 2.24) is 0 Å². The predicted molar refractivity (Wildman–Crippen MR) is 199 cm³/mol. The predicted octanol–water partition coefficient (Wildman–Crippen LogP) is -2.65. The molecule has 0 amide bonds. The third kappa shape index (κ3) is 10.5. The SMILES string of the molecule is COC1C(C)[C@H](O[C@@H]2C(CO)O[C@H](OC)C(O)[C@H]2O)O[C@@H](OC=O)[C@H]1O[C@H]1O[C@@H](CO)[C@@H](O[C@@H]2OC(OC=O)[C@@H](O[C@H]3OC(CO)[C@@H](C)[C@H](C)C3N=[N+]=[N-])[C@H](C)C2C)C(O)C1O. The normalized spacial score (nSPS) is 48.7. The van der Waals surface area contributed by atoms with Crippen LogP contribution in [0.4, 0.5) is 0 Å². The van der Waals surface area contributed by atoms with E-state index in [0.29, 0.717) is 0 Å². The monoisotopic (exact) mass is 899 g/mol. The molecule has 5 fully saturated rings. The summed E-state index contributed by atoms with van der Waals surface area (Å²) in [5.41, 5.74) is 9.29. The lowest BCUT2D eigenvalue weighted by atomic mass is 9.82. The van der Waals surface area contributed by atoms with Gasteiger partial charge >= 0.3 is 0 Å². The molecule has 0 bridgehead atoms. The molecule has 10 unspecified atom stereocenters. The van der Waals surface area contributed by atoms with Crippen LogP contribution in [0.15, 0.2) is 5.11 Å². The van der Waals surface area contributed by atoms with Crippen molar-refractivity contribution in [1.29, 1.82) is 0 Å². The number of azide groups is 1. The Morgan fingerprint density at radius 2 is 0.968 bits per heavy atom. The number of hydrogen-bond acceptors (Lipinski definition) is 23. The Bertz CT molecular complexity index is 1470. The first-order valence-electron chi connectivity index (χ1n) is 20.4. The van der Waals surface area contributed by atoms with Crippen LogP contribution in [-0.4, -0.2) is 206 Å². The first-order valence-corrected chi connectivity index (χ1v) is 20.4. The largest absolute Gasteiger partial charge is 0.435 e. The van der Waals surface area contributed by atoms with Gasteiger partial charge in [0.25, 0.3) is 12.9 Å². The second kappa shape index (κ2) is 22.6. The highest BCUT2D eigenvalue weighted by Crippen LogP contribution is 2.41. The van der Waals surface area contributed by atoms with E-state index in [1.807, 2.05) is 13.8 Å². The molecule has 0 saturated carbocycles. The van der Waals surface area contributed by atoms with E-state index in [0.717, 1.165) is 0 Å². The molecule has 0 radical (unpaired) electrons. The Morgan fingerprint density at radius 3 is 1.47 bits per heavy atom. The summed E-state index contributed by atoms with van der Waals surface area (Å²) in [7, 11) is 2.54. The van der Waals surface area contributed by atoms with Gasteiger partial charge < -0.3 is 97.3 Å². The highest BCUT2D eigenvalue weighted by molar-refractivity contribution is 5.37. The van der Waals surface area contributed by atoms with Crippen molar-refractivity contribution in [2.45, 2.75) is 158 Å². The van der Waals surface area contributed by atoms with Gasteiger partial charge in [0.15, 0.2) is 31.5 Å². The van der Waals surface area contributed by atoms with Crippen LogP contribution in [0.25, 0.3) is 10.4 Å². The van der Waals surface area contributed by atoms with Gasteiger partial charge in [0.2, 0.25) is 12.6 Å². The van der Waals surface area contributed by atoms with E-state index in [1.165, 1.54) is 14.2 Å². The highest BCUT2D eigenvalue weighted by atomic mass is 16.8. The van der Waals surface area contributed by atoms with E-state index < -0.39 is 154 Å². The van der Waals surface area contributed by atoms with Crippen LogP contribution in [0.1, 0.15) is 34.6 Å². The Balaban J connectivity index is 1.28. The van der Waals surface area contributed by atoms with Gasteiger partial charge in [0.1, 0.15) is 61.0 Å². The summed E-state index contributed by atoms with van der Waals surface area (Å²) in [6.45, 7) is 7.16. The van der Waals surface area contributed by atoms with Crippen LogP contribution in [0.5, 0.6) is 0 Å². The van der Waals surface area contributed by atoms with Gasteiger partial charge in [-0.25, -0.2) is 0 Å². The van der Waals surface area contributed by atoms with Crippen molar-refractivity contribution < 1.29 is 107 Å². The molecule has 5 rings (SSSR count). The van der Waals surface area contributed by atoms with Crippen molar-refractivity contribution in [2.24, 2.45) is 34.7 Å². The second-order valence-electron chi connectivity index (χ2n) is 16.2. The minimum Gasteiger partial charge on any atom is -0.435 e. The van der Waals surface area contributed by atoms with Crippen molar-refractivity contribution in [3.8, 4) is 0 Å². The molecule has 25 heteroatoms. The fourth-order valence-electron chi connectivity index (χ4n) is 8.57. The second-order valence-corrected chi connectivity index (χ2v) is 16.2. The van der Waals surface area contributed by atoms with Crippen LogP contribution in [0.3, 0.4) is 0 Å². The zero-order chi connectivity index (χ0) is 45.6. The zero-order valence-electron chi connectivity index (χ0n) is 35.3. The Labute approximate surface area is 356 Å². The fraction of sp³-hybridized carbons (Fsp3) is 0.946. The van der Waals surface area contributed by atoms with E-state index in [4.69, 9.17) is 61.6 Å². The number of methoxy groups -OCH3 is 2. The molecule has 7 N–H and O–H groups in total. The Kier molecular flexibility index (Phi) is 18.4. The standard InChI is InChI=1S/C37H61N3O22/c1-13-14(2)21(39-40-38)33(54-18(13)8-41)57-27-15(3)16(4)31(61-36(27)52-11-44)58-29-20(10-43)56-35(25(49)23(29)47)60-30-26(50-6)17(5)32(62-37(30)53-12-45)59-28-19(9-42)55-34(51-7)24(48)22(28)46/h11-37,41-43,46-49H,8-10H2,1-7H3/t13-,14-,15+,16?,17?,18?,19?,20-,21?,22+,23?,24?,25?,26?,27-,28+,29+,30-,31+,32+,33+,34-,35+,36?,37+/m0/s1. The number of hydrogen-bond donors (Lipinski definition) is 7. The first kappa shape index (κ1) is 50.5. The lowest BCUT2D eigenvalue weighted by molar-refractivity contribution is -0.403. The van der Waals surface area contributed by atoms with Gasteiger partial charge in [0.05, 0.1) is 38.1 Å². The molecule has 5 heterocycles. The fourth-order valence-corrected chi connectivity index (χ4v) is 8.57. The Morgan fingerprint density at radius 1 is 0.500 bits per heavy atom. The minimum atomic E-state index is -1.89. The third-order valence-electron chi connectivity index (χ3n) is 12.7.